The SMILES string of the molecule is CNc1cc(F)cc2c1[nH]c1nc(Nc3cnc4nccnc4c3)nc(N3CC=C(C)CC3)c12. The van der Waals surface area contributed by atoms with Crippen molar-refractivity contribution in [2.75, 3.05) is 35.7 Å². The van der Waals surface area contributed by atoms with Crippen molar-refractivity contribution in [3.05, 3.63) is 54.3 Å². The molecule has 0 saturated carbocycles. The van der Waals surface area contributed by atoms with E-state index in [1.54, 1.807) is 25.6 Å². The summed E-state index contributed by atoms with van der Waals surface area (Å²) in [4.78, 5) is 28.1. The van der Waals surface area contributed by atoms with Crippen LogP contribution in [0.25, 0.3) is 33.1 Å². The number of aromatic amines is 1. The number of anilines is 4. The molecule has 0 saturated heterocycles. The minimum Gasteiger partial charge on any atom is -0.386 e. The third-order valence-electron chi connectivity index (χ3n) is 6.09. The van der Waals surface area contributed by atoms with E-state index in [-0.39, 0.29) is 5.82 Å². The van der Waals surface area contributed by atoms with Gasteiger partial charge in [-0.2, -0.15) is 9.97 Å². The van der Waals surface area contributed by atoms with E-state index in [1.807, 2.05) is 6.07 Å². The molecule has 0 bridgehead atoms. The van der Waals surface area contributed by atoms with Gasteiger partial charge in [-0.15, -0.1) is 0 Å². The first-order valence-electron chi connectivity index (χ1n) is 11.0. The Bertz CT molecular complexity index is 1590. The van der Waals surface area contributed by atoms with Crippen LogP contribution in [-0.4, -0.2) is 50.0 Å². The molecule has 9 nitrogen and oxygen atoms in total. The van der Waals surface area contributed by atoms with Gasteiger partial charge in [-0.25, -0.2) is 14.4 Å². The van der Waals surface area contributed by atoms with E-state index < -0.39 is 0 Å². The molecule has 6 rings (SSSR count). The topological polar surface area (TPSA) is 108 Å². The molecule has 10 heteroatoms. The van der Waals surface area contributed by atoms with E-state index in [0.29, 0.717) is 34.1 Å². The molecule has 0 spiro atoms. The van der Waals surface area contributed by atoms with Crippen LogP contribution in [0.15, 0.2) is 48.4 Å². The summed E-state index contributed by atoms with van der Waals surface area (Å²) in [7, 11) is 1.77. The van der Waals surface area contributed by atoms with Gasteiger partial charge in [-0.1, -0.05) is 11.6 Å². The summed E-state index contributed by atoms with van der Waals surface area (Å²) in [6, 6.07) is 4.86. The molecule has 0 atom stereocenters. The molecule has 1 aromatic carbocycles. The van der Waals surface area contributed by atoms with E-state index in [4.69, 9.17) is 9.97 Å². The van der Waals surface area contributed by atoms with Gasteiger partial charge in [0.25, 0.3) is 0 Å². The van der Waals surface area contributed by atoms with E-state index in [2.05, 4.69) is 48.5 Å². The van der Waals surface area contributed by atoms with Crippen molar-refractivity contribution in [2.45, 2.75) is 13.3 Å². The standard InChI is InChI=1S/C24H22FN9/c1-13-3-7-34(8-4-13)23-19-16-9-14(25)10-17(26-2)20(16)31-22(19)32-24(33-23)30-15-11-18-21(29-12-15)28-6-5-27-18/h3,5-6,9-12,26H,4,7-8H2,1-2H3,(H2,30,31,32,33). The van der Waals surface area contributed by atoms with E-state index in [9.17, 15) is 4.39 Å². The minimum atomic E-state index is -0.316. The molecule has 5 heterocycles. The molecule has 0 aliphatic carbocycles. The summed E-state index contributed by atoms with van der Waals surface area (Å²) in [5, 5.41) is 7.87. The Balaban J connectivity index is 1.53. The average molecular weight is 456 g/mol. The third-order valence-corrected chi connectivity index (χ3v) is 6.09. The number of pyridine rings is 1. The van der Waals surface area contributed by atoms with Crippen molar-refractivity contribution >= 4 is 56.2 Å². The second-order valence-corrected chi connectivity index (χ2v) is 8.34. The maximum Gasteiger partial charge on any atom is 0.231 e. The average Bonchev–Trinajstić information content (AvgIpc) is 3.21. The number of H-pyrrole nitrogens is 1. The van der Waals surface area contributed by atoms with Crippen molar-refractivity contribution in [1.82, 2.24) is 29.9 Å². The lowest BCUT2D eigenvalue weighted by Crippen LogP contribution is -2.29. The zero-order chi connectivity index (χ0) is 23.2. The number of nitrogens with zero attached hydrogens (tertiary/aromatic N) is 6. The Morgan fingerprint density at radius 3 is 2.79 bits per heavy atom. The summed E-state index contributed by atoms with van der Waals surface area (Å²) in [6.07, 6.45) is 8.06. The first-order valence-corrected chi connectivity index (χ1v) is 11.0. The number of fused-ring (bicyclic) bond motifs is 4. The molecule has 4 aromatic heterocycles. The predicted molar refractivity (Wildman–Crippen MR) is 132 cm³/mol. The molecular weight excluding hydrogens is 433 g/mol. The maximum atomic E-state index is 14.5. The zero-order valence-electron chi connectivity index (χ0n) is 18.7. The lowest BCUT2D eigenvalue weighted by Gasteiger charge is -2.27. The van der Waals surface area contributed by atoms with Crippen LogP contribution >= 0.6 is 0 Å². The van der Waals surface area contributed by atoms with Crippen LogP contribution < -0.4 is 15.5 Å². The number of rotatable bonds is 4. The Morgan fingerprint density at radius 2 is 1.97 bits per heavy atom. The minimum absolute atomic E-state index is 0.316. The number of benzene rings is 1. The van der Waals surface area contributed by atoms with E-state index >= 15 is 0 Å². The molecular formula is C24H22FN9. The van der Waals surface area contributed by atoms with Crippen LogP contribution in [0.3, 0.4) is 0 Å². The van der Waals surface area contributed by atoms with Gasteiger partial charge in [-0.05, 0) is 31.5 Å². The monoisotopic (exact) mass is 455 g/mol. The number of halogens is 1. The molecule has 0 amide bonds. The zero-order valence-corrected chi connectivity index (χ0v) is 18.7. The molecule has 3 N–H and O–H groups in total. The van der Waals surface area contributed by atoms with Gasteiger partial charge in [0.1, 0.15) is 22.8 Å². The molecule has 0 unspecified atom stereocenters. The van der Waals surface area contributed by atoms with E-state index in [1.165, 1.54) is 17.7 Å². The highest BCUT2D eigenvalue weighted by molar-refractivity contribution is 6.14. The molecule has 34 heavy (non-hydrogen) atoms. The summed E-state index contributed by atoms with van der Waals surface area (Å²) >= 11 is 0. The fourth-order valence-electron chi connectivity index (χ4n) is 4.34. The van der Waals surface area contributed by atoms with Crippen molar-refractivity contribution in [2.24, 2.45) is 0 Å². The molecule has 0 fully saturated rings. The Morgan fingerprint density at radius 1 is 1.09 bits per heavy atom. The summed E-state index contributed by atoms with van der Waals surface area (Å²) < 4.78 is 14.5. The molecule has 1 aliphatic rings. The third kappa shape index (κ3) is 3.43. The van der Waals surface area contributed by atoms with Gasteiger partial charge in [0.05, 0.1) is 28.5 Å². The van der Waals surface area contributed by atoms with Gasteiger partial charge in [0, 0.05) is 37.9 Å². The Hall–Kier alpha value is -4.34. The Kier molecular flexibility index (Phi) is 4.72. The van der Waals surface area contributed by atoms with Crippen LogP contribution in [0.1, 0.15) is 13.3 Å². The summed E-state index contributed by atoms with van der Waals surface area (Å²) in [5.74, 6) is 0.851. The lowest BCUT2D eigenvalue weighted by molar-refractivity contribution is 0.630. The van der Waals surface area contributed by atoms with Crippen LogP contribution in [0.2, 0.25) is 0 Å². The highest BCUT2D eigenvalue weighted by Crippen LogP contribution is 2.37. The quantitative estimate of drug-likeness (QED) is 0.339. The highest BCUT2D eigenvalue weighted by atomic mass is 19.1. The van der Waals surface area contributed by atoms with Crippen molar-refractivity contribution in [1.29, 1.82) is 0 Å². The molecule has 5 aromatic rings. The lowest BCUT2D eigenvalue weighted by atomic mass is 10.1. The molecule has 1 aliphatic heterocycles. The van der Waals surface area contributed by atoms with Gasteiger partial charge >= 0.3 is 0 Å². The van der Waals surface area contributed by atoms with Crippen LogP contribution in [-0.2, 0) is 0 Å². The van der Waals surface area contributed by atoms with Crippen LogP contribution in [0.5, 0.6) is 0 Å². The van der Waals surface area contributed by atoms with Crippen molar-refractivity contribution < 1.29 is 4.39 Å². The predicted octanol–water partition coefficient (Wildman–Crippen LogP) is 4.53. The normalized spacial score (nSPS) is 14.1. The molecule has 0 radical (unpaired) electrons. The van der Waals surface area contributed by atoms with Gasteiger partial charge in [-0.3, -0.25) is 4.98 Å². The number of aromatic nitrogens is 6. The first-order chi connectivity index (χ1) is 16.6. The fourth-order valence-corrected chi connectivity index (χ4v) is 4.34. The van der Waals surface area contributed by atoms with Crippen molar-refractivity contribution in [3.8, 4) is 0 Å². The second-order valence-electron chi connectivity index (χ2n) is 8.34. The maximum absolute atomic E-state index is 14.5. The summed E-state index contributed by atoms with van der Waals surface area (Å²) in [6.45, 7) is 3.68. The highest BCUT2D eigenvalue weighted by Gasteiger charge is 2.22. The summed E-state index contributed by atoms with van der Waals surface area (Å²) in [5.41, 5.74) is 5.38. The Labute approximate surface area is 194 Å². The first kappa shape index (κ1) is 20.3. The number of nitrogens with one attached hydrogen (secondary N) is 3. The van der Waals surface area contributed by atoms with E-state index in [0.717, 1.165) is 41.6 Å². The van der Waals surface area contributed by atoms with Crippen LogP contribution in [0.4, 0.5) is 27.5 Å². The molecule has 170 valence electrons. The van der Waals surface area contributed by atoms with Gasteiger partial charge < -0.3 is 20.5 Å². The van der Waals surface area contributed by atoms with Crippen molar-refractivity contribution in [3.63, 3.8) is 0 Å². The van der Waals surface area contributed by atoms with Gasteiger partial charge in [0.15, 0.2) is 5.65 Å². The number of hydrogen-bond acceptors (Lipinski definition) is 8. The van der Waals surface area contributed by atoms with Crippen LogP contribution in [0, 0.1) is 5.82 Å². The second kappa shape index (κ2) is 7.91. The smallest absolute Gasteiger partial charge is 0.231 e. The fraction of sp³-hybridized carbons (Fsp3) is 0.208. The van der Waals surface area contributed by atoms with Gasteiger partial charge in [0.2, 0.25) is 5.95 Å². The number of hydrogen-bond donors (Lipinski definition) is 3. The largest absolute Gasteiger partial charge is 0.386 e.